The Morgan fingerprint density at radius 2 is 0.661 bits per heavy atom. The Hall–Kier alpha value is -7.98. The van der Waals surface area contributed by atoms with Crippen LogP contribution in [0.5, 0.6) is 46.0 Å². The highest BCUT2D eigenvalue weighted by Crippen LogP contribution is 2.30. The number of hydrogen-bond acceptors (Lipinski definition) is 11. The number of ether oxygens (including phenoxy) is 5. The van der Waals surface area contributed by atoms with Gasteiger partial charge in [0.15, 0.2) is 0 Å². The third-order valence-electron chi connectivity index (χ3n) is 6.62. The Morgan fingerprint density at radius 1 is 0.419 bits per heavy atom. The van der Waals surface area contributed by atoms with Gasteiger partial charge in [-0.25, -0.2) is 4.39 Å². The summed E-state index contributed by atoms with van der Waals surface area (Å²) < 4.78 is 140. The summed E-state index contributed by atoms with van der Waals surface area (Å²) in [7, 11) is 0. The first-order valence-electron chi connectivity index (χ1n) is 16.5. The summed E-state index contributed by atoms with van der Waals surface area (Å²) in [6, 6.07) is 30.5. The number of anilines is 1. The van der Waals surface area contributed by atoms with Crippen LogP contribution in [0.4, 0.5) is 61.0 Å². The molecule has 0 radical (unpaired) electrons. The van der Waals surface area contributed by atoms with Gasteiger partial charge in [-0.05, 0) is 121 Å². The topological polar surface area (TPSA) is 179 Å². The zero-order valence-corrected chi connectivity index (χ0v) is 30.7. The average molecular weight is 888 g/mol. The summed E-state index contributed by atoms with van der Waals surface area (Å²) in [5, 5.41) is 29.2. The Bertz CT molecular complexity index is 2290. The van der Waals surface area contributed by atoms with E-state index in [1.54, 1.807) is 24.3 Å². The molecule has 0 fully saturated rings. The molecule has 0 spiro atoms. The normalized spacial score (nSPS) is 10.8. The first-order chi connectivity index (χ1) is 28.9. The van der Waals surface area contributed by atoms with Gasteiger partial charge in [-0.15, -0.1) is 39.5 Å². The standard InChI is InChI=1S/C13H8F3NO4.C13H10F3NO2.C7H5F3O2.C6H4FNO2/c14-13(15,16)21-12-7-5-11(6-8-12)20-10-3-1-9(2-4-10)17(18)19;14-13(15,16)19-12-7-5-11(6-8-12)18-10-3-1-9(17)2-4-10;8-7(9,10)12-6-3-1-5(11)2-4-6;7-5-1-3-6(4-2-5)8(9)10/h1-8H;1-8H,17H2;1-4,11H;1-4H. The van der Waals surface area contributed by atoms with Crippen molar-refractivity contribution < 1.29 is 82.5 Å². The first-order valence-corrected chi connectivity index (χ1v) is 16.5. The summed E-state index contributed by atoms with van der Waals surface area (Å²) in [5.41, 5.74) is 5.94. The molecule has 0 aromatic heterocycles. The van der Waals surface area contributed by atoms with Gasteiger partial charge in [0.25, 0.3) is 11.4 Å². The number of nitro groups is 2. The van der Waals surface area contributed by atoms with Gasteiger partial charge in [0.05, 0.1) is 9.85 Å². The molecule has 0 bridgehead atoms. The van der Waals surface area contributed by atoms with Crippen molar-refractivity contribution in [2.24, 2.45) is 0 Å². The fraction of sp³-hybridized carbons (Fsp3) is 0.0769. The Labute approximate surface area is 341 Å². The van der Waals surface area contributed by atoms with E-state index in [0.29, 0.717) is 22.9 Å². The van der Waals surface area contributed by atoms with Crippen LogP contribution in [0.15, 0.2) is 146 Å². The highest BCUT2D eigenvalue weighted by Gasteiger charge is 2.32. The van der Waals surface area contributed by atoms with E-state index in [1.807, 2.05) is 0 Å². The van der Waals surface area contributed by atoms with Crippen LogP contribution in [-0.2, 0) is 0 Å². The minimum atomic E-state index is -4.75. The van der Waals surface area contributed by atoms with Crippen molar-refractivity contribution in [3.05, 3.63) is 172 Å². The summed E-state index contributed by atoms with van der Waals surface area (Å²) in [5.74, 6) is -0.0346. The van der Waals surface area contributed by atoms with Crippen LogP contribution in [-0.4, -0.2) is 34.0 Å². The fourth-order valence-corrected chi connectivity index (χ4v) is 4.07. The maximum atomic E-state index is 12.1. The van der Waals surface area contributed by atoms with E-state index in [1.165, 1.54) is 60.7 Å². The van der Waals surface area contributed by atoms with Gasteiger partial charge in [-0.3, -0.25) is 20.2 Å². The third-order valence-corrected chi connectivity index (χ3v) is 6.62. The van der Waals surface area contributed by atoms with Crippen molar-refractivity contribution >= 4 is 17.1 Å². The molecule has 0 heterocycles. The molecule has 328 valence electrons. The quantitative estimate of drug-likeness (QED) is 0.0611. The van der Waals surface area contributed by atoms with Crippen LogP contribution in [0.3, 0.4) is 0 Å². The van der Waals surface area contributed by atoms with Crippen molar-refractivity contribution in [3.8, 4) is 46.0 Å². The summed E-state index contributed by atoms with van der Waals surface area (Å²) in [6.07, 6.45) is -14.1. The Balaban J connectivity index is 0.000000229. The van der Waals surface area contributed by atoms with Crippen LogP contribution >= 0.6 is 0 Å². The van der Waals surface area contributed by atoms with Gasteiger partial charge in [0, 0.05) is 30.0 Å². The lowest BCUT2D eigenvalue weighted by Crippen LogP contribution is -2.16. The van der Waals surface area contributed by atoms with Crippen molar-refractivity contribution in [3.63, 3.8) is 0 Å². The average Bonchev–Trinajstić information content (AvgIpc) is 3.18. The number of phenols is 1. The Morgan fingerprint density at radius 3 is 0.952 bits per heavy atom. The number of non-ortho nitro benzene ring substituents is 2. The van der Waals surface area contributed by atoms with Crippen molar-refractivity contribution in [1.29, 1.82) is 0 Å². The van der Waals surface area contributed by atoms with Crippen LogP contribution in [0, 0.1) is 26.0 Å². The summed E-state index contributed by atoms with van der Waals surface area (Å²) in [4.78, 5) is 19.4. The first kappa shape index (κ1) is 48.4. The maximum Gasteiger partial charge on any atom is 0.573 e. The smallest absolute Gasteiger partial charge is 0.508 e. The van der Waals surface area contributed by atoms with Gasteiger partial charge in [0.2, 0.25) is 0 Å². The third kappa shape index (κ3) is 19.6. The van der Waals surface area contributed by atoms with Crippen LogP contribution in [0.2, 0.25) is 0 Å². The number of nitrogens with zero attached hydrogens (tertiary/aromatic N) is 2. The summed E-state index contributed by atoms with van der Waals surface area (Å²) in [6.45, 7) is 0. The molecule has 0 aliphatic carbocycles. The molecule has 0 saturated carbocycles. The second-order valence-corrected chi connectivity index (χ2v) is 11.3. The second-order valence-electron chi connectivity index (χ2n) is 11.3. The number of nitro benzene ring substituents is 2. The van der Waals surface area contributed by atoms with Gasteiger partial charge in [-0.1, -0.05) is 0 Å². The molecule has 0 amide bonds. The van der Waals surface area contributed by atoms with E-state index in [4.69, 9.17) is 20.3 Å². The molecule has 6 aromatic carbocycles. The Kier molecular flexibility index (Phi) is 17.1. The number of alkyl halides is 9. The molecule has 0 aliphatic heterocycles. The van der Waals surface area contributed by atoms with Gasteiger partial charge >= 0.3 is 19.1 Å². The van der Waals surface area contributed by atoms with Crippen molar-refractivity contribution in [2.75, 3.05) is 5.73 Å². The van der Waals surface area contributed by atoms with E-state index < -0.39 is 34.8 Å². The molecule has 6 rings (SSSR count). The molecule has 0 aliphatic rings. The number of halogens is 10. The molecule has 3 N–H and O–H groups in total. The zero-order chi connectivity index (χ0) is 46.1. The number of benzene rings is 6. The lowest BCUT2D eigenvalue weighted by Gasteiger charge is -2.10. The van der Waals surface area contributed by atoms with Crippen LogP contribution in [0.25, 0.3) is 0 Å². The van der Waals surface area contributed by atoms with Gasteiger partial charge in [0.1, 0.15) is 51.8 Å². The van der Waals surface area contributed by atoms with Gasteiger partial charge in [-0.2, -0.15) is 0 Å². The predicted molar refractivity (Wildman–Crippen MR) is 198 cm³/mol. The van der Waals surface area contributed by atoms with E-state index in [2.05, 4.69) is 14.2 Å². The van der Waals surface area contributed by atoms with E-state index in [9.17, 15) is 64.1 Å². The van der Waals surface area contributed by atoms with Crippen molar-refractivity contribution in [1.82, 2.24) is 0 Å². The predicted octanol–water partition coefficient (Wildman–Crippen LogP) is 12.3. The minimum absolute atomic E-state index is 0.0868. The molecule has 0 saturated heterocycles. The van der Waals surface area contributed by atoms with Crippen molar-refractivity contribution in [2.45, 2.75) is 19.1 Å². The maximum absolute atomic E-state index is 12.1. The molecular weight excluding hydrogens is 860 g/mol. The van der Waals surface area contributed by atoms with Crippen LogP contribution in [0.1, 0.15) is 0 Å². The molecular formula is C39H27F10N3O10. The number of rotatable bonds is 9. The van der Waals surface area contributed by atoms with E-state index in [0.717, 1.165) is 60.7 Å². The zero-order valence-electron chi connectivity index (χ0n) is 30.7. The minimum Gasteiger partial charge on any atom is -0.508 e. The van der Waals surface area contributed by atoms with E-state index in [-0.39, 0.29) is 40.1 Å². The summed E-state index contributed by atoms with van der Waals surface area (Å²) >= 11 is 0. The molecule has 62 heavy (non-hydrogen) atoms. The molecule has 13 nitrogen and oxygen atoms in total. The molecule has 23 heteroatoms. The largest absolute Gasteiger partial charge is 0.573 e. The number of nitrogen functional groups attached to an aromatic ring is 1. The van der Waals surface area contributed by atoms with Gasteiger partial charge < -0.3 is 34.5 Å². The van der Waals surface area contributed by atoms with E-state index >= 15 is 0 Å². The van der Waals surface area contributed by atoms with Crippen LogP contribution < -0.4 is 29.4 Å². The number of nitrogens with two attached hydrogens (primary N) is 1. The number of aromatic hydroxyl groups is 1. The lowest BCUT2D eigenvalue weighted by atomic mass is 10.3. The molecule has 6 aromatic rings. The SMILES string of the molecule is Nc1ccc(Oc2ccc(OC(F)(F)F)cc2)cc1.O=[N+]([O-])c1ccc(F)cc1.O=[N+]([O-])c1ccc(Oc2ccc(OC(F)(F)F)cc2)cc1.Oc1ccc(OC(F)(F)F)cc1. The number of phenolic OH excluding ortho intramolecular Hbond substituents is 1. The molecule has 0 atom stereocenters. The monoisotopic (exact) mass is 887 g/mol. The second kappa shape index (κ2) is 21.9. The highest BCUT2D eigenvalue weighted by atomic mass is 19.4. The highest BCUT2D eigenvalue weighted by molar-refractivity contribution is 5.44. The lowest BCUT2D eigenvalue weighted by molar-refractivity contribution is -0.385. The molecule has 0 unspecified atom stereocenters. The fourth-order valence-electron chi connectivity index (χ4n) is 4.07. The number of hydrogen-bond donors (Lipinski definition) is 2.